The van der Waals surface area contributed by atoms with Crippen LogP contribution < -0.4 is 0 Å². The number of fused-ring (bicyclic) bond motifs is 3. The van der Waals surface area contributed by atoms with E-state index in [1.807, 2.05) is 43.3 Å². The summed E-state index contributed by atoms with van der Waals surface area (Å²) in [5, 5.41) is 11.9. The number of furan rings is 1. The summed E-state index contributed by atoms with van der Waals surface area (Å²) in [6.45, 7) is 1.84. The first kappa shape index (κ1) is 17.0. The summed E-state index contributed by atoms with van der Waals surface area (Å²) >= 11 is 0. The third-order valence-corrected chi connectivity index (χ3v) is 4.20. The summed E-state index contributed by atoms with van der Waals surface area (Å²) in [4.78, 5) is 25.1. The second kappa shape index (κ2) is 6.94. The van der Waals surface area contributed by atoms with E-state index in [0.717, 1.165) is 16.2 Å². The number of carboxylic acid groups (broad SMARTS) is 1. The number of nitrogens with zero attached hydrogens (tertiary/aromatic N) is 1. The smallest absolute Gasteiger partial charge is 0.323 e. The van der Waals surface area contributed by atoms with Crippen LogP contribution in [0.25, 0.3) is 21.7 Å². The number of amides is 1. The lowest BCUT2D eigenvalue weighted by atomic mass is 10.1. The molecule has 6 heteroatoms. The molecule has 1 heterocycles. The zero-order chi connectivity index (χ0) is 18.0. The van der Waals surface area contributed by atoms with Crippen LogP contribution in [-0.2, 0) is 9.53 Å². The van der Waals surface area contributed by atoms with Gasteiger partial charge in [-0.15, -0.1) is 0 Å². The van der Waals surface area contributed by atoms with Gasteiger partial charge in [0.1, 0.15) is 12.1 Å². The largest absolute Gasteiger partial charge is 0.480 e. The minimum atomic E-state index is -1.08. The van der Waals surface area contributed by atoms with Gasteiger partial charge in [-0.05, 0) is 12.3 Å². The van der Waals surface area contributed by atoms with Gasteiger partial charge >= 0.3 is 5.97 Å². The lowest BCUT2D eigenvalue weighted by molar-refractivity contribution is -0.137. The van der Waals surface area contributed by atoms with Crippen LogP contribution in [0.2, 0.25) is 0 Å². The Balaban J connectivity index is 2.07. The third kappa shape index (κ3) is 3.21. The van der Waals surface area contributed by atoms with Crippen molar-refractivity contribution < 1.29 is 23.8 Å². The normalized spacial score (nSPS) is 11.1. The van der Waals surface area contributed by atoms with E-state index < -0.39 is 18.4 Å². The van der Waals surface area contributed by atoms with E-state index in [9.17, 15) is 9.59 Å². The fraction of sp³-hybridized carbons (Fsp3) is 0.263. The Kier molecular flexibility index (Phi) is 4.72. The van der Waals surface area contributed by atoms with E-state index in [1.54, 1.807) is 0 Å². The van der Waals surface area contributed by atoms with Crippen LogP contribution >= 0.6 is 0 Å². The number of aryl methyl sites for hydroxylation is 1. The van der Waals surface area contributed by atoms with Gasteiger partial charge in [0, 0.05) is 30.0 Å². The highest BCUT2D eigenvalue weighted by Gasteiger charge is 2.25. The first-order chi connectivity index (χ1) is 12.0. The Hall–Kier alpha value is -2.86. The second-order valence-electron chi connectivity index (χ2n) is 5.83. The molecule has 1 amide bonds. The number of carbonyl (C=O) groups excluding carboxylic acids is 1. The van der Waals surface area contributed by atoms with Crippen molar-refractivity contribution in [3.8, 4) is 0 Å². The van der Waals surface area contributed by atoms with Crippen LogP contribution in [0.5, 0.6) is 0 Å². The molecular weight excluding hydrogens is 322 g/mol. The Morgan fingerprint density at radius 2 is 1.92 bits per heavy atom. The van der Waals surface area contributed by atoms with Crippen LogP contribution in [0.1, 0.15) is 16.1 Å². The van der Waals surface area contributed by atoms with Crippen molar-refractivity contribution in [3.63, 3.8) is 0 Å². The predicted octanol–water partition coefficient (Wildman–Crippen LogP) is 3.07. The van der Waals surface area contributed by atoms with Gasteiger partial charge in [0.2, 0.25) is 0 Å². The number of rotatable bonds is 6. The number of benzene rings is 2. The SMILES string of the molecule is COCCN(CC(=O)O)C(=O)c1oc2c(ccc3ccccc32)c1C. The van der Waals surface area contributed by atoms with E-state index in [-0.39, 0.29) is 18.9 Å². The lowest BCUT2D eigenvalue weighted by Crippen LogP contribution is -2.38. The molecule has 3 rings (SSSR count). The number of methoxy groups -OCH3 is 1. The Morgan fingerprint density at radius 3 is 2.64 bits per heavy atom. The molecule has 25 heavy (non-hydrogen) atoms. The molecule has 1 aromatic heterocycles. The maximum atomic E-state index is 12.8. The highest BCUT2D eigenvalue weighted by atomic mass is 16.5. The third-order valence-electron chi connectivity index (χ3n) is 4.20. The van der Waals surface area contributed by atoms with Crippen LogP contribution in [0.15, 0.2) is 40.8 Å². The van der Waals surface area contributed by atoms with E-state index >= 15 is 0 Å². The summed E-state index contributed by atoms with van der Waals surface area (Å²) in [6, 6.07) is 11.7. The Morgan fingerprint density at radius 1 is 1.16 bits per heavy atom. The number of aliphatic carboxylic acids is 1. The van der Waals surface area contributed by atoms with Crippen molar-refractivity contribution in [1.29, 1.82) is 0 Å². The molecule has 2 aromatic carbocycles. The van der Waals surface area contributed by atoms with Gasteiger partial charge in [-0.3, -0.25) is 9.59 Å². The zero-order valence-electron chi connectivity index (χ0n) is 14.1. The molecule has 3 aromatic rings. The number of carbonyl (C=O) groups is 2. The molecule has 1 N–H and O–H groups in total. The minimum Gasteiger partial charge on any atom is -0.480 e. The summed E-state index contributed by atoms with van der Waals surface area (Å²) in [6.07, 6.45) is 0. The van der Waals surface area contributed by atoms with Gasteiger partial charge in [0.15, 0.2) is 5.76 Å². The van der Waals surface area contributed by atoms with Crippen molar-refractivity contribution >= 4 is 33.6 Å². The van der Waals surface area contributed by atoms with Crippen molar-refractivity contribution in [1.82, 2.24) is 4.90 Å². The molecule has 130 valence electrons. The Labute approximate surface area is 144 Å². The van der Waals surface area contributed by atoms with E-state index in [0.29, 0.717) is 11.1 Å². The minimum absolute atomic E-state index is 0.170. The topological polar surface area (TPSA) is 80.0 Å². The molecule has 0 bridgehead atoms. The number of carboxylic acids is 1. The molecule has 0 aliphatic rings. The Bertz CT molecular complexity index is 944. The van der Waals surface area contributed by atoms with Crippen LogP contribution in [0.4, 0.5) is 0 Å². The number of ether oxygens (including phenoxy) is 1. The standard InChI is InChI=1S/C19H19NO5/c1-12-14-8-7-13-5-3-4-6-15(13)18(14)25-17(12)19(23)20(9-10-24-2)11-16(21)22/h3-8H,9-11H2,1-2H3,(H,21,22). The van der Waals surface area contributed by atoms with Gasteiger partial charge < -0.3 is 19.2 Å². The summed E-state index contributed by atoms with van der Waals surface area (Å²) < 4.78 is 10.9. The molecule has 0 saturated heterocycles. The molecule has 0 spiro atoms. The predicted molar refractivity (Wildman–Crippen MR) is 93.9 cm³/mol. The van der Waals surface area contributed by atoms with Crippen LogP contribution in [-0.4, -0.2) is 48.7 Å². The molecule has 0 fully saturated rings. The van der Waals surface area contributed by atoms with Gasteiger partial charge in [-0.2, -0.15) is 0 Å². The molecule has 0 atom stereocenters. The average molecular weight is 341 g/mol. The van der Waals surface area contributed by atoms with Gasteiger partial charge in [-0.25, -0.2) is 0 Å². The first-order valence-electron chi connectivity index (χ1n) is 7.93. The fourth-order valence-corrected chi connectivity index (χ4v) is 2.91. The van der Waals surface area contributed by atoms with Crippen molar-refractivity contribution in [3.05, 3.63) is 47.7 Å². The summed E-state index contributed by atoms with van der Waals surface area (Å²) in [5.41, 5.74) is 1.35. The molecule has 0 aliphatic carbocycles. The quantitative estimate of drug-likeness (QED) is 0.745. The number of hydrogen-bond donors (Lipinski definition) is 1. The fourth-order valence-electron chi connectivity index (χ4n) is 2.91. The van der Waals surface area contributed by atoms with Crippen LogP contribution in [0, 0.1) is 6.92 Å². The van der Waals surface area contributed by atoms with E-state index in [1.165, 1.54) is 12.0 Å². The summed E-state index contributed by atoms with van der Waals surface area (Å²) in [5.74, 6) is -1.36. The van der Waals surface area contributed by atoms with Gasteiger partial charge in [0.05, 0.1) is 6.61 Å². The zero-order valence-corrected chi connectivity index (χ0v) is 14.1. The maximum absolute atomic E-state index is 12.8. The lowest BCUT2D eigenvalue weighted by Gasteiger charge is -2.19. The van der Waals surface area contributed by atoms with Crippen molar-refractivity contribution in [2.75, 3.05) is 26.8 Å². The molecule has 0 saturated carbocycles. The van der Waals surface area contributed by atoms with Crippen LogP contribution in [0.3, 0.4) is 0 Å². The molecule has 0 radical (unpaired) electrons. The van der Waals surface area contributed by atoms with Crippen molar-refractivity contribution in [2.24, 2.45) is 0 Å². The highest BCUT2D eigenvalue weighted by Crippen LogP contribution is 2.32. The van der Waals surface area contributed by atoms with Gasteiger partial charge in [0.25, 0.3) is 5.91 Å². The summed E-state index contributed by atoms with van der Waals surface area (Å²) in [7, 11) is 1.50. The monoisotopic (exact) mass is 341 g/mol. The maximum Gasteiger partial charge on any atom is 0.323 e. The molecule has 6 nitrogen and oxygen atoms in total. The number of hydrogen-bond acceptors (Lipinski definition) is 4. The first-order valence-corrected chi connectivity index (χ1v) is 7.93. The van der Waals surface area contributed by atoms with E-state index in [4.69, 9.17) is 14.3 Å². The van der Waals surface area contributed by atoms with Crippen molar-refractivity contribution in [2.45, 2.75) is 6.92 Å². The molecule has 0 unspecified atom stereocenters. The second-order valence-corrected chi connectivity index (χ2v) is 5.83. The molecule has 0 aliphatic heterocycles. The van der Waals surface area contributed by atoms with Gasteiger partial charge in [-0.1, -0.05) is 36.4 Å². The average Bonchev–Trinajstić information content (AvgIpc) is 2.95. The van der Waals surface area contributed by atoms with E-state index in [2.05, 4.69) is 0 Å². The highest BCUT2D eigenvalue weighted by molar-refractivity contribution is 6.09. The molecular formula is C19H19NO5.